The zero-order chi connectivity index (χ0) is 28.7. The molecule has 3 aromatic rings. The van der Waals surface area contributed by atoms with E-state index in [1.165, 1.54) is 31.4 Å². The zero-order valence-electron chi connectivity index (χ0n) is 22.0. The summed E-state index contributed by atoms with van der Waals surface area (Å²) in [5.41, 5.74) is 7.06. The second-order valence-corrected chi connectivity index (χ2v) is 10.2. The summed E-state index contributed by atoms with van der Waals surface area (Å²) in [4.78, 5) is 23.3. The van der Waals surface area contributed by atoms with Crippen molar-refractivity contribution in [3.63, 3.8) is 0 Å². The van der Waals surface area contributed by atoms with Crippen LogP contribution >= 0.6 is 0 Å². The Labute approximate surface area is 231 Å². The Bertz CT molecular complexity index is 1290. The predicted molar refractivity (Wildman–Crippen MR) is 145 cm³/mol. The molecule has 4 N–H and O–H groups in total. The zero-order valence-corrected chi connectivity index (χ0v) is 22.0. The van der Waals surface area contributed by atoms with Crippen molar-refractivity contribution >= 4 is 11.8 Å². The van der Waals surface area contributed by atoms with Crippen LogP contribution in [0, 0.1) is 5.92 Å². The molecule has 1 fully saturated rings. The second kappa shape index (κ2) is 13.0. The number of halogens is 3. The molecule has 0 aromatic heterocycles. The Kier molecular flexibility index (Phi) is 9.47. The van der Waals surface area contributed by atoms with Gasteiger partial charge in [0.05, 0.1) is 12.1 Å². The lowest BCUT2D eigenvalue weighted by atomic mass is 9.84. The van der Waals surface area contributed by atoms with E-state index in [1.54, 1.807) is 24.3 Å². The number of benzene rings is 3. The van der Waals surface area contributed by atoms with Crippen molar-refractivity contribution < 1.29 is 32.6 Å². The van der Waals surface area contributed by atoms with Gasteiger partial charge < -0.3 is 20.9 Å². The summed E-state index contributed by atoms with van der Waals surface area (Å²) in [5.74, 6) is -0.324. The number of rotatable bonds is 10. The molecular formula is C31H33F3N2O4. The Morgan fingerprint density at radius 2 is 1.62 bits per heavy atom. The number of carbonyl (C=O) groups excluding carboxylic acids is 2. The third kappa shape index (κ3) is 7.85. The van der Waals surface area contributed by atoms with E-state index < -0.39 is 29.7 Å². The van der Waals surface area contributed by atoms with Gasteiger partial charge in [0, 0.05) is 5.56 Å². The smallest absolute Gasteiger partial charge is 0.416 e. The van der Waals surface area contributed by atoms with E-state index >= 15 is 0 Å². The number of hydrogen-bond donors (Lipinski definition) is 3. The molecule has 3 aromatic carbocycles. The van der Waals surface area contributed by atoms with E-state index in [1.807, 2.05) is 24.3 Å². The normalized spacial score (nSPS) is 15.7. The number of primary amides is 1. The topological polar surface area (TPSA) is 102 Å². The lowest BCUT2D eigenvalue weighted by molar-refractivity contribution is -0.137. The first-order valence-corrected chi connectivity index (χ1v) is 13.4. The van der Waals surface area contributed by atoms with Gasteiger partial charge in [0.15, 0.2) is 0 Å². The molecule has 0 bridgehead atoms. The van der Waals surface area contributed by atoms with Crippen LogP contribution in [0.5, 0.6) is 5.75 Å². The molecule has 0 spiro atoms. The fourth-order valence-electron chi connectivity index (χ4n) is 4.99. The molecule has 0 aliphatic heterocycles. The van der Waals surface area contributed by atoms with Crippen molar-refractivity contribution in [1.29, 1.82) is 0 Å². The molecule has 0 saturated heterocycles. The molecule has 1 aliphatic carbocycles. The summed E-state index contributed by atoms with van der Waals surface area (Å²) in [6.45, 7) is -0.287. The molecule has 0 unspecified atom stereocenters. The summed E-state index contributed by atoms with van der Waals surface area (Å²) in [6.07, 6.45) is 0.473. The molecule has 6 nitrogen and oxygen atoms in total. The van der Waals surface area contributed by atoms with Gasteiger partial charge in [-0.3, -0.25) is 9.59 Å². The quantitative estimate of drug-likeness (QED) is 0.284. The van der Waals surface area contributed by atoms with E-state index in [0.29, 0.717) is 22.8 Å². The lowest BCUT2D eigenvalue weighted by Gasteiger charge is -2.28. The van der Waals surface area contributed by atoms with Crippen LogP contribution in [-0.4, -0.2) is 29.6 Å². The Morgan fingerprint density at radius 1 is 0.950 bits per heavy atom. The molecule has 0 radical (unpaired) electrons. The minimum absolute atomic E-state index is 0.287. The molecule has 1 saturated carbocycles. The van der Waals surface area contributed by atoms with E-state index in [-0.39, 0.29) is 12.6 Å². The molecule has 9 heteroatoms. The fourth-order valence-corrected chi connectivity index (χ4v) is 4.99. The van der Waals surface area contributed by atoms with Gasteiger partial charge in [-0.05, 0) is 71.5 Å². The maximum Gasteiger partial charge on any atom is 0.416 e. The number of alkyl halides is 3. The average molecular weight is 555 g/mol. The van der Waals surface area contributed by atoms with Crippen LogP contribution in [-0.2, 0) is 11.0 Å². The minimum Gasteiger partial charge on any atom is -0.486 e. The minimum atomic E-state index is -4.39. The molecule has 40 heavy (non-hydrogen) atoms. The van der Waals surface area contributed by atoms with Gasteiger partial charge in [-0.2, -0.15) is 13.2 Å². The number of amides is 2. The van der Waals surface area contributed by atoms with Gasteiger partial charge in [-0.25, -0.2) is 0 Å². The van der Waals surface area contributed by atoms with Crippen molar-refractivity contribution in [3.05, 3.63) is 89.5 Å². The van der Waals surface area contributed by atoms with Crippen LogP contribution in [0.15, 0.2) is 72.8 Å². The Morgan fingerprint density at radius 3 is 2.25 bits per heavy atom. The number of aliphatic hydroxyl groups is 1. The van der Waals surface area contributed by atoms with E-state index in [0.717, 1.165) is 42.5 Å². The highest BCUT2D eigenvalue weighted by Gasteiger charge is 2.30. The number of aliphatic hydroxyl groups excluding tert-OH is 1. The summed E-state index contributed by atoms with van der Waals surface area (Å²) >= 11 is 0. The lowest BCUT2D eigenvalue weighted by Crippen LogP contribution is -2.39. The monoisotopic (exact) mass is 554 g/mol. The highest BCUT2D eigenvalue weighted by atomic mass is 19.4. The van der Waals surface area contributed by atoms with Crippen molar-refractivity contribution in [2.45, 2.75) is 56.9 Å². The van der Waals surface area contributed by atoms with Crippen LogP contribution in [0.25, 0.3) is 11.1 Å². The molecule has 2 amide bonds. The molecule has 212 valence electrons. The summed E-state index contributed by atoms with van der Waals surface area (Å²) in [6, 6.07) is 19.4. The molecule has 2 atom stereocenters. The third-order valence-corrected chi connectivity index (χ3v) is 7.26. The number of nitrogens with two attached hydrogens (primary N) is 1. The molecule has 1 aliphatic rings. The highest BCUT2D eigenvalue weighted by molar-refractivity contribution is 5.94. The first kappa shape index (κ1) is 29.1. The summed E-state index contributed by atoms with van der Waals surface area (Å²) < 4.78 is 45.5. The molecular weight excluding hydrogens is 521 g/mol. The number of hydrogen-bond acceptors (Lipinski definition) is 4. The highest BCUT2D eigenvalue weighted by Crippen LogP contribution is 2.36. The van der Waals surface area contributed by atoms with Crippen LogP contribution < -0.4 is 15.8 Å². The molecule has 4 rings (SSSR count). The fraction of sp³-hybridized carbons (Fsp3) is 0.355. The van der Waals surface area contributed by atoms with E-state index in [2.05, 4.69) is 5.32 Å². The van der Waals surface area contributed by atoms with Crippen LogP contribution in [0.2, 0.25) is 0 Å². The van der Waals surface area contributed by atoms with Gasteiger partial charge in [-0.15, -0.1) is 0 Å². The SMILES string of the molecule is NC(=O)[C@@H](O)CNC(=O)c1ccc(O[C@@H](CC2CCCCC2)c2cccc(-c3ccc(C(F)(F)F)cc3)c2)cc1. The molecule has 0 heterocycles. The van der Waals surface area contributed by atoms with Gasteiger partial charge >= 0.3 is 6.18 Å². The maximum absolute atomic E-state index is 13.0. The predicted octanol–water partition coefficient (Wildman–Crippen LogP) is 6.04. The van der Waals surface area contributed by atoms with Gasteiger partial charge in [0.1, 0.15) is 18.0 Å². The van der Waals surface area contributed by atoms with Crippen LogP contribution in [0.3, 0.4) is 0 Å². The number of ether oxygens (including phenoxy) is 1. The van der Waals surface area contributed by atoms with E-state index in [4.69, 9.17) is 10.5 Å². The Balaban J connectivity index is 1.52. The average Bonchev–Trinajstić information content (AvgIpc) is 2.96. The van der Waals surface area contributed by atoms with Crippen molar-refractivity contribution in [2.75, 3.05) is 6.54 Å². The number of nitrogens with one attached hydrogen (secondary N) is 1. The second-order valence-electron chi connectivity index (χ2n) is 10.2. The van der Waals surface area contributed by atoms with Crippen molar-refractivity contribution in [3.8, 4) is 16.9 Å². The third-order valence-electron chi connectivity index (χ3n) is 7.26. The van der Waals surface area contributed by atoms with E-state index in [9.17, 15) is 27.9 Å². The standard InChI is InChI=1S/C31H33F3N2O4/c32-31(33,34)25-13-9-21(10-14-25)23-7-4-8-24(18-23)28(17-20-5-2-1-3-6-20)40-26-15-11-22(12-16-26)30(39)36-19-27(37)29(35)38/h4,7-16,18,20,27-28,37H,1-3,5-6,17,19H2,(H2,35,38)(H,36,39)/t27-,28-/m0/s1. The van der Waals surface area contributed by atoms with Crippen molar-refractivity contribution in [1.82, 2.24) is 5.32 Å². The largest absolute Gasteiger partial charge is 0.486 e. The van der Waals surface area contributed by atoms with Gasteiger partial charge in [0.2, 0.25) is 5.91 Å². The number of carbonyl (C=O) groups is 2. The van der Waals surface area contributed by atoms with Gasteiger partial charge in [0.25, 0.3) is 5.91 Å². The first-order valence-electron chi connectivity index (χ1n) is 13.4. The maximum atomic E-state index is 13.0. The Hall–Kier alpha value is -3.85. The first-order chi connectivity index (χ1) is 19.1. The summed E-state index contributed by atoms with van der Waals surface area (Å²) in [5, 5.41) is 12.0. The van der Waals surface area contributed by atoms with Crippen LogP contribution in [0.1, 0.15) is 66.1 Å². The van der Waals surface area contributed by atoms with Crippen LogP contribution in [0.4, 0.5) is 13.2 Å². The summed E-state index contributed by atoms with van der Waals surface area (Å²) in [7, 11) is 0. The van der Waals surface area contributed by atoms with Crippen molar-refractivity contribution in [2.24, 2.45) is 11.7 Å². The van der Waals surface area contributed by atoms with Gasteiger partial charge in [-0.1, -0.05) is 62.4 Å².